The van der Waals surface area contributed by atoms with Crippen LogP contribution in [0.15, 0.2) is 59.7 Å². The number of sulfonamides is 1. The van der Waals surface area contributed by atoms with Gasteiger partial charge in [-0.15, -0.1) is 0 Å². The topological polar surface area (TPSA) is 108 Å². The van der Waals surface area contributed by atoms with Gasteiger partial charge in [-0.2, -0.15) is 5.10 Å². The van der Waals surface area contributed by atoms with E-state index >= 15 is 0 Å². The van der Waals surface area contributed by atoms with Gasteiger partial charge in [-0.05, 0) is 41.5 Å². The summed E-state index contributed by atoms with van der Waals surface area (Å²) in [5.41, 5.74) is 3.84. The number of ether oxygens (including phenoxy) is 1. The molecule has 8 nitrogen and oxygen atoms in total. The van der Waals surface area contributed by atoms with E-state index in [4.69, 9.17) is 4.74 Å². The van der Waals surface area contributed by atoms with Crippen molar-refractivity contribution in [2.75, 3.05) is 24.2 Å². The average Bonchev–Trinajstić information content (AvgIpc) is 2.72. The van der Waals surface area contributed by atoms with Crippen molar-refractivity contribution in [2.45, 2.75) is 6.92 Å². The number of phenolic OH excluding ortho intramolecular Hbond substituents is 1. The SMILES string of the molecule is COc1ccc(C)cc1N(CC(=O)N/N=C\c1c(O)ccc2ccccc12)S(C)(=O)=O. The Morgan fingerprint density at radius 3 is 2.65 bits per heavy atom. The number of fused-ring (bicyclic) bond motifs is 1. The molecule has 0 bridgehead atoms. The second kappa shape index (κ2) is 9.05. The molecule has 0 aliphatic rings. The lowest BCUT2D eigenvalue weighted by atomic mass is 10.0. The van der Waals surface area contributed by atoms with Crippen molar-refractivity contribution in [1.82, 2.24) is 5.43 Å². The van der Waals surface area contributed by atoms with Crippen LogP contribution < -0.4 is 14.5 Å². The summed E-state index contributed by atoms with van der Waals surface area (Å²) < 4.78 is 30.9. The number of anilines is 1. The Balaban J connectivity index is 1.82. The summed E-state index contributed by atoms with van der Waals surface area (Å²) in [4.78, 5) is 12.5. The van der Waals surface area contributed by atoms with Crippen LogP contribution in [-0.2, 0) is 14.8 Å². The minimum Gasteiger partial charge on any atom is -0.507 e. The fourth-order valence-corrected chi connectivity index (χ4v) is 3.98. The third-order valence-corrected chi connectivity index (χ3v) is 5.75. The predicted octanol–water partition coefficient (Wildman–Crippen LogP) is 2.78. The first-order valence-electron chi connectivity index (χ1n) is 9.35. The number of methoxy groups -OCH3 is 1. The third kappa shape index (κ3) is 5.13. The van der Waals surface area contributed by atoms with E-state index in [0.29, 0.717) is 11.3 Å². The van der Waals surface area contributed by atoms with Crippen molar-refractivity contribution < 1.29 is 23.1 Å². The number of rotatable bonds is 7. The summed E-state index contributed by atoms with van der Waals surface area (Å²) in [5.74, 6) is -0.308. The number of hydrazone groups is 1. The van der Waals surface area contributed by atoms with Gasteiger partial charge in [0, 0.05) is 5.56 Å². The van der Waals surface area contributed by atoms with E-state index < -0.39 is 22.5 Å². The van der Waals surface area contributed by atoms with Gasteiger partial charge < -0.3 is 9.84 Å². The van der Waals surface area contributed by atoms with Crippen LogP contribution in [0.25, 0.3) is 10.8 Å². The van der Waals surface area contributed by atoms with Gasteiger partial charge in [0.25, 0.3) is 5.91 Å². The molecule has 0 aliphatic carbocycles. The van der Waals surface area contributed by atoms with Crippen LogP contribution in [0.5, 0.6) is 11.5 Å². The minimum absolute atomic E-state index is 0.0129. The highest BCUT2D eigenvalue weighted by atomic mass is 32.2. The molecule has 162 valence electrons. The Morgan fingerprint density at radius 2 is 1.94 bits per heavy atom. The van der Waals surface area contributed by atoms with E-state index in [2.05, 4.69) is 10.5 Å². The van der Waals surface area contributed by atoms with Crippen molar-refractivity contribution in [2.24, 2.45) is 5.10 Å². The summed E-state index contributed by atoms with van der Waals surface area (Å²) in [6, 6.07) is 15.8. The lowest BCUT2D eigenvalue weighted by Gasteiger charge is -2.23. The molecular formula is C22H23N3O5S. The van der Waals surface area contributed by atoms with Crippen LogP contribution in [0.2, 0.25) is 0 Å². The predicted molar refractivity (Wildman–Crippen MR) is 121 cm³/mol. The van der Waals surface area contributed by atoms with Gasteiger partial charge in [-0.25, -0.2) is 13.8 Å². The number of carbonyl (C=O) groups is 1. The van der Waals surface area contributed by atoms with E-state index in [1.54, 1.807) is 30.3 Å². The molecule has 2 N–H and O–H groups in total. The largest absolute Gasteiger partial charge is 0.507 e. The fourth-order valence-electron chi connectivity index (χ4n) is 3.13. The lowest BCUT2D eigenvalue weighted by molar-refractivity contribution is -0.119. The Bertz CT molecular complexity index is 1260. The summed E-state index contributed by atoms with van der Waals surface area (Å²) in [5, 5.41) is 15.7. The molecule has 0 aromatic heterocycles. The number of phenols is 1. The summed E-state index contributed by atoms with van der Waals surface area (Å²) in [7, 11) is -2.35. The molecule has 0 radical (unpaired) electrons. The molecule has 0 spiro atoms. The summed E-state index contributed by atoms with van der Waals surface area (Å²) in [6.07, 6.45) is 2.34. The van der Waals surface area contributed by atoms with Gasteiger partial charge in [0.05, 0.1) is 25.3 Å². The summed E-state index contributed by atoms with van der Waals surface area (Å²) in [6.45, 7) is 1.32. The van der Waals surface area contributed by atoms with Gasteiger partial charge in [0.1, 0.15) is 18.0 Å². The maximum Gasteiger partial charge on any atom is 0.260 e. The Hall–Kier alpha value is -3.59. The first-order chi connectivity index (χ1) is 14.7. The van der Waals surface area contributed by atoms with Gasteiger partial charge in [-0.3, -0.25) is 9.10 Å². The molecular weight excluding hydrogens is 418 g/mol. The van der Waals surface area contributed by atoms with Crippen LogP contribution in [0, 0.1) is 6.92 Å². The number of carbonyl (C=O) groups excluding carboxylic acids is 1. The normalized spacial score (nSPS) is 11.6. The number of aryl methyl sites for hydroxylation is 1. The van der Waals surface area contributed by atoms with E-state index in [9.17, 15) is 18.3 Å². The van der Waals surface area contributed by atoms with E-state index in [1.807, 2.05) is 31.2 Å². The quantitative estimate of drug-likeness (QED) is 0.433. The molecule has 0 heterocycles. The van der Waals surface area contributed by atoms with Crippen molar-refractivity contribution >= 4 is 38.6 Å². The van der Waals surface area contributed by atoms with Crippen LogP contribution in [0.4, 0.5) is 5.69 Å². The molecule has 3 rings (SSSR count). The van der Waals surface area contributed by atoms with Crippen molar-refractivity contribution in [3.8, 4) is 11.5 Å². The molecule has 0 atom stereocenters. The molecule has 3 aromatic rings. The smallest absolute Gasteiger partial charge is 0.260 e. The number of benzene rings is 3. The molecule has 0 fully saturated rings. The molecule has 0 aliphatic heterocycles. The second-order valence-electron chi connectivity index (χ2n) is 6.96. The zero-order valence-electron chi connectivity index (χ0n) is 17.4. The standard InChI is InChI=1S/C22H23N3O5S/c1-15-8-11-21(30-2)19(12-15)25(31(3,28)29)14-22(27)24-23-13-18-17-7-5-4-6-16(17)9-10-20(18)26/h4-13,26H,14H2,1-3H3,(H,24,27)/b23-13-. The van der Waals surface area contributed by atoms with Gasteiger partial charge >= 0.3 is 0 Å². The number of nitrogens with one attached hydrogen (secondary N) is 1. The number of hydrogen-bond acceptors (Lipinski definition) is 6. The van der Waals surface area contributed by atoms with Gasteiger partial charge in [0.2, 0.25) is 10.0 Å². The van der Waals surface area contributed by atoms with Crippen molar-refractivity contribution in [1.29, 1.82) is 0 Å². The van der Waals surface area contributed by atoms with Crippen LogP contribution in [0.1, 0.15) is 11.1 Å². The van der Waals surface area contributed by atoms with Crippen LogP contribution in [0.3, 0.4) is 0 Å². The lowest BCUT2D eigenvalue weighted by Crippen LogP contribution is -2.39. The van der Waals surface area contributed by atoms with Gasteiger partial charge in [0.15, 0.2) is 0 Å². The molecule has 31 heavy (non-hydrogen) atoms. The highest BCUT2D eigenvalue weighted by Gasteiger charge is 2.24. The number of nitrogens with zero attached hydrogens (tertiary/aromatic N) is 2. The number of aromatic hydroxyl groups is 1. The average molecular weight is 442 g/mol. The molecule has 0 saturated heterocycles. The van der Waals surface area contributed by atoms with Gasteiger partial charge in [-0.1, -0.05) is 36.4 Å². The van der Waals surface area contributed by atoms with E-state index in [1.165, 1.54) is 13.3 Å². The third-order valence-electron chi connectivity index (χ3n) is 4.62. The van der Waals surface area contributed by atoms with E-state index in [-0.39, 0.29) is 11.4 Å². The maximum absolute atomic E-state index is 12.5. The molecule has 9 heteroatoms. The highest BCUT2D eigenvalue weighted by molar-refractivity contribution is 7.92. The monoisotopic (exact) mass is 441 g/mol. The minimum atomic E-state index is -3.77. The first kappa shape index (κ1) is 22.1. The summed E-state index contributed by atoms with van der Waals surface area (Å²) >= 11 is 0. The number of amides is 1. The van der Waals surface area contributed by atoms with Crippen LogP contribution in [-0.4, -0.2) is 45.6 Å². The van der Waals surface area contributed by atoms with Crippen molar-refractivity contribution in [3.63, 3.8) is 0 Å². The molecule has 3 aromatic carbocycles. The molecule has 0 saturated carbocycles. The molecule has 0 unspecified atom stereocenters. The van der Waals surface area contributed by atoms with E-state index in [0.717, 1.165) is 26.9 Å². The Morgan fingerprint density at radius 1 is 1.19 bits per heavy atom. The molecule has 1 amide bonds. The van der Waals surface area contributed by atoms with Crippen molar-refractivity contribution in [3.05, 3.63) is 65.7 Å². The second-order valence-corrected chi connectivity index (χ2v) is 8.86. The Kier molecular flexibility index (Phi) is 6.45. The fraction of sp³-hybridized carbons (Fsp3) is 0.182. The maximum atomic E-state index is 12.5. The Labute approximate surface area is 180 Å². The number of hydrogen-bond donors (Lipinski definition) is 2. The highest BCUT2D eigenvalue weighted by Crippen LogP contribution is 2.31. The zero-order chi connectivity index (χ0) is 22.6. The van der Waals surface area contributed by atoms with Crippen LogP contribution >= 0.6 is 0 Å². The zero-order valence-corrected chi connectivity index (χ0v) is 18.2. The first-order valence-corrected chi connectivity index (χ1v) is 11.2.